The Morgan fingerprint density at radius 3 is 2.69 bits per heavy atom. The van der Waals surface area contributed by atoms with Gasteiger partial charge in [-0.25, -0.2) is 0 Å². The van der Waals surface area contributed by atoms with Crippen molar-refractivity contribution in [1.82, 2.24) is 0 Å². The van der Waals surface area contributed by atoms with Gasteiger partial charge in [-0.2, -0.15) is 0 Å². The highest BCUT2D eigenvalue weighted by molar-refractivity contribution is 6.01. The third-order valence-electron chi connectivity index (χ3n) is 9.01. The molecule has 4 aliphatic carbocycles. The first-order valence-corrected chi connectivity index (χ1v) is 11.6. The number of allylic oxidation sites excluding steroid dienone is 4. The highest BCUT2D eigenvalue weighted by Gasteiger charge is 2.70. The zero-order valence-electron chi connectivity index (χ0n) is 19.1. The quantitative estimate of drug-likeness (QED) is 0.602. The van der Waals surface area contributed by atoms with Gasteiger partial charge in [-0.15, -0.1) is 0 Å². The number of Topliss-reactive ketones (excluding diaryl/α,β-unsaturated/α-hetero) is 1. The molecule has 0 aliphatic heterocycles. The molecule has 7 nitrogen and oxygen atoms in total. The topological polar surface area (TPSA) is 110 Å². The third kappa shape index (κ3) is 3.24. The number of ketones is 2. The van der Waals surface area contributed by atoms with Gasteiger partial charge in [-0.1, -0.05) is 25.5 Å². The highest BCUT2D eigenvalue weighted by atomic mass is 16.6. The molecular formula is C25H34O7. The van der Waals surface area contributed by atoms with E-state index in [0.29, 0.717) is 19.3 Å². The van der Waals surface area contributed by atoms with Gasteiger partial charge in [0.25, 0.3) is 0 Å². The van der Waals surface area contributed by atoms with Crippen LogP contribution in [0.1, 0.15) is 52.4 Å². The summed E-state index contributed by atoms with van der Waals surface area (Å²) in [4.78, 5) is 37.7. The van der Waals surface area contributed by atoms with Crippen LogP contribution in [0.25, 0.3) is 0 Å². The Hall–Kier alpha value is -1.83. The lowest BCUT2D eigenvalue weighted by atomic mass is 9.46. The van der Waals surface area contributed by atoms with E-state index in [1.807, 2.05) is 13.0 Å². The van der Waals surface area contributed by atoms with E-state index in [9.17, 15) is 24.6 Å². The number of ether oxygens (including phenoxy) is 2. The van der Waals surface area contributed by atoms with Crippen molar-refractivity contribution in [1.29, 1.82) is 0 Å². The fourth-order valence-corrected chi connectivity index (χ4v) is 7.55. The molecule has 0 unspecified atom stereocenters. The molecule has 0 heterocycles. The fourth-order valence-electron chi connectivity index (χ4n) is 7.55. The van der Waals surface area contributed by atoms with E-state index >= 15 is 0 Å². The van der Waals surface area contributed by atoms with Gasteiger partial charge in [0.05, 0.1) is 19.1 Å². The molecule has 0 aromatic carbocycles. The first-order valence-electron chi connectivity index (χ1n) is 11.6. The number of carbonyl (C=O) groups is 3. The molecule has 4 rings (SSSR count). The minimum atomic E-state index is -1.45. The summed E-state index contributed by atoms with van der Waals surface area (Å²) in [6.45, 7) is 3.51. The highest BCUT2D eigenvalue weighted by Crippen LogP contribution is 2.67. The summed E-state index contributed by atoms with van der Waals surface area (Å²) in [5.74, 6) is -0.927. The molecule has 0 amide bonds. The molecule has 7 atom stereocenters. The molecule has 32 heavy (non-hydrogen) atoms. The Labute approximate surface area is 188 Å². The Kier molecular flexibility index (Phi) is 5.97. The summed E-state index contributed by atoms with van der Waals surface area (Å²) in [6.07, 6.45) is 7.45. The minimum Gasteiger partial charge on any atom is -0.450 e. The standard InChI is InChI=1S/C25H34O7/c1-23-9-6-16(27)12-15(23)4-5-17-18-7-10-25(20(29)14-26,32-21(30)8-11-31-3)24(18,2)13-19(28)22(17)23/h6,9,12,17-19,22,26,28H,4-5,7-8,10-11,13-14H2,1-3H3/t17-,18-,19-,22+,23-,24-,25-/m0/s1. The molecule has 0 radical (unpaired) electrons. The molecule has 0 saturated heterocycles. The van der Waals surface area contributed by atoms with Crippen molar-refractivity contribution < 1.29 is 34.1 Å². The maximum Gasteiger partial charge on any atom is 0.309 e. The summed E-state index contributed by atoms with van der Waals surface area (Å²) < 4.78 is 10.9. The molecule has 0 aromatic rings. The average molecular weight is 447 g/mol. The molecule has 3 saturated carbocycles. The Balaban J connectivity index is 1.70. The average Bonchev–Trinajstić information content (AvgIpc) is 3.04. The normalized spacial score (nSPS) is 42.5. The lowest BCUT2D eigenvalue weighted by molar-refractivity contribution is -0.200. The van der Waals surface area contributed by atoms with E-state index in [1.54, 1.807) is 12.2 Å². The van der Waals surface area contributed by atoms with Crippen LogP contribution in [0.2, 0.25) is 0 Å². The second-order valence-electron chi connectivity index (χ2n) is 10.4. The molecular weight excluding hydrogens is 412 g/mol. The Bertz CT molecular complexity index is 876. The number of methoxy groups -OCH3 is 1. The van der Waals surface area contributed by atoms with Crippen molar-refractivity contribution in [3.63, 3.8) is 0 Å². The largest absolute Gasteiger partial charge is 0.450 e. The lowest BCUT2D eigenvalue weighted by Gasteiger charge is -2.59. The third-order valence-corrected chi connectivity index (χ3v) is 9.01. The first kappa shape index (κ1) is 23.3. The van der Waals surface area contributed by atoms with Gasteiger partial charge in [0, 0.05) is 23.9 Å². The first-order chi connectivity index (χ1) is 15.1. The van der Waals surface area contributed by atoms with Gasteiger partial charge in [-0.3, -0.25) is 14.4 Å². The van der Waals surface area contributed by atoms with Crippen LogP contribution in [-0.2, 0) is 23.9 Å². The molecule has 0 spiro atoms. The lowest BCUT2D eigenvalue weighted by Crippen LogP contribution is -2.63. The zero-order chi connectivity index (χ0) is 23.3. The van der Waals surface area contributed by atoms with E-state index in [4.69, 9.17) is 9.47 Å². The summed E-state index contributed by atoms with van der Waals surface area (Å²) in [7, 11) is 1.49. The van der Waals surface area contributed by atoms with Crippen LogP contribution in [0.5, 0.6) is 0 Å². The van der Waals surface area contributed by atoms with Gasteiger partial charge in [0.2, 0.25) is 5.78 Å². The molecule has 2 N–H and O–H groups in total. The molecule has 3 fully saturated rings. The molecule has 0 bridgehead atoms. The van der Waals surface area contributed by atoms with Crippen LogP contribution in [-0.4, -0.2) is 59.8 Å². The van der Waals surface area contributed by atoms with Crippen molar-refractivity contribution in [2.45, 2.75) is 64.1 Å². The fraction of sp³-hybridized carbons (Fsp3) is 0.720. The number of carbonyl (C=O) groups excluding carboxylic acids is 3. The number of hydrogen-bond donors (Lipinski definition) is 2. The SMILES string of the molecule is COCCC(=O)O[C@]1(C(=O)CO)CC[C@H]2[C@@H]3CCC4=CC(=O)C=C[C@]4(C)[C@H]3[C@@H](O)C[C@@]21C. The molecule has 0 aromatic heterocycles. The second kappa shape index (κ2) is 8.19. The Morgan fingerprint density at radius 1 is 1.25 bits per heavy atom. The predicted octanol–water partition coefficient (Wildman–Crippen LogP) is 2.14. The van der Waals surface area contributed by atoms with Crippen molar-refractivity contribution in [3.05, 3.63) is 23.8 Å². The number of esters is 1. The number of aliphatic hydroxyl groups excluding tert-OH is 2. The number of fused-ring (bicyclic) bond motifs is 5. The number of hydrogen-bond acceptors (Lipinski definition) is 7. The summed E-state index contributed by atoms with van der Waals surface area (Å²) >= 11 is 0. The maximum atomic E-state index is 13.1. The molecule has 176 valence electrons. The minimum absolute atomic E-state index is 0.0116. The van der Waals surface area contributed by atoms with E-state index < -0.39 is 40.9 Å². The van der Waals surface area contributed by atoms with Gasteiger partial charge in [-0.05, 0) is 56.1 Å². The van der Waals surface area contributed by atoms with Crippen molar-refractivity contribution in [2.24, 2.45) is 28.6 Å². The van der Waals surface area contributed by atoms with Crippen LogP contribution in [0.4, 0.5) is 0 Å². The van der Waals surface area contributed by atoms with E-state index in [0.717, 1.165) is 18.4 Å². The van der Waals surface area contributed by atoms with Crippen molar-refractivity contribution >= 4 is 17.5 Å². The van der Waals surface area contributed by atoms with Crippen LogP contribution >= 0.6 is 0 Å². The number of rotatable bonds is 6. The summed E-state index contributed by atoms with van der Waals surface area (Å²) in [5, 5.41) is 21.3. The van der Waals surface area contributed by atoms with Gasteiger partial charge in [0.15, 0.2) is 11.4 Å². The van der Waals surface area contributed by atoms with Crippen molar-refractivity contribution in [2.75, 3.05) is 20.3 Å². The van der Waals surface area contributed by atoms with E-state index in [1.165, 1.54) is 7.11 Å². The maximum absolute atomic E-state index is 13.1. The summed E-state index contributed by atoms with van der Waals surface area (Å²) in [5.41, 5.74) is -1.56. The molecule has 4 aliphatic rings. The van der Waals surface area contributed by atoms with E-state index in [2.05, 4.69) is 6.92 Å². The zero-order valence-corrected chi connectivity index (χ0v) is 19.1. The van der Waals surface area contributed by atoms with Gasteiger partial charge >= 0.3 is 5.97 Å². The van der Waals surface area contributed by atoms with Crippen LogP contribution in [0.3, 0.4) is 0 Å². The van der Waals surface area contributed by atoms with Crippen LogP contribution in [0.15, 0.2) is 23.8 Å². The Morgan fingerprint density at radius 2 is 2.00 bits per heavy atom. The second-order valence-corrected chi connectivity index (χ2v) is 10.4. The van der Waals surface area contributed by atoms with E-state index in [-0.39, 0.29) is 36.6 Å². The summed E-state index contributed by atoms with van der Waals surface area (Å²) in [6, 6.07) is 0. The monoisotopic (exact) mass is 446 g/mol. The smallest absolute Gasteiger partial charge is 0.309 e. The molecule has 7 heteroatoms. The van der Waals surface area contributed by atoms with Crippen LogP contribution < -0.4 is 0 Å². The van der Waals surface area contributed by atoms with Crippen molar-refractivity contribution in [3.8, 4) is 0 Å². The number of aliphatic hydroxyl groups is 2. The van der Waals surface area contributed by atoms with Crippen LogP contribution in [0, 0.1) is 28.6 Å². The predicted molar refractivity (Wildman–Crippen MR) is 115 cm³/mol. The van der Waals surface area contributed by atoms with Gasteiger partial charge in [0.1, 0.15) is 6.61 Å². The van der Waals surface area contributed by atoms with Gasteiger partial charge < -0.3 is 19.7 Å².